The summed E-state index contributed by atoms with van der Waals surface area (Å²) >= 11 is 0. The zero-order valence-electron chi connectivity index (χ0n) is 57.7. The van der Waals surface area contributed by atoms with Gasteiger partial charge in [0.2, 0.25) is 0 Å². The fourth-order valence-electron chi connectivity index (χ4n) is 10.6. The second kappa shape index (κ2) is 62.2. The van der Waals surface area contributed by atoms with Crippen molar-refractivity contribution in [2.45, 2.75) is 374 Å². The maximum atomic E-state index is 13.0. The highest BCUT2D eigenvalue weighted by Gasteiger charge is 2.30. The van der Waals surface area contributed by atoms with Crippen molar-refractivity contribution in [3.05, 3.63) is 0 Å². The largest absolute Gasteiger partial charge is 0.472 e. The molecule has 19 heteroatoms. The number of carbonyl (C=O) groups excluding carboxylic acids is 4. The highest BCUT2D eigenvalue weighted by molar-refractivity contribution is 7.47. The van der Waals surface area contributed by atoms with Crippen LogP contribution in [0.1, 0.15) is 356 Å². The molecule has 0 aromatic rings. The lowest BCUT2D eigenvalue weighted by atomic mass is 10.0. The van der Waals surface area contributed by atoms with E-state index in [9.17, 15) is 43.2 Å². The molecular weight excluding hydrogens is 1170 g/mol. The van der Waals surface area contributed by atoms with Crippen LogP contribution in [0, 0.1) is 11.8 Å². The Morgan fingerprint density at radius 2 is 0.517 bits per heavy atom. The van der Waals surface area contributed by atoms with Gasteiger partial charge in [0.15, 0.2) is 12.2 Å². The number of unbranched alkanes of at least 4 members (excludes halogenated alkanes) is 39. The summed E-state index contributed by atoms with van der Waals surface area (Å²) in [7, 11) is -9.89. The number of phosphoric ester groups is 2. The highest BCUT2D eigenvalue weighted by atomic mass is 31.2. The Balaban J connectivity index is 5.21. The summed E-state index contributed by atoms with van der Waals surface area (Å²) in [6.07, 6.45) is 47.1. The first-order valence-electron chi connectivity index (χ1n) is 36.5. The van der Waals surface area contributed by atoms with Gasteiger partial charge in [-0.1, -0.05) is 305 Å². The van der Waals surface area contributed by atoms with E-state index in [0.29, 0.717) is 25.7 Å². The number of aliphatic hydroxyl groups is 1. The van der Waals surface area contributed by atoms with Gasteiger partial charge in [0.05, 0.1) is 26.4 Å². The third kappa shape index (κ3) is 64.6. The van der Waals surface area contributed by atoms with E-state index in [2.05, 4.69) is 41.5 Å². The Morgan fingerprint density at radius 1 is 0.303 bits per heavy atom. The van der Waals surface area contributed by atoms with E-state index in [1.165, 1.54) is 173 Å². The zero-order chi connectivity index (χ0) is 65.7. The van der Waals surface area contributed by atoms with Crippen molar-refractivity contribution in [1.82, 2.24) is 0 Å². The quantitative estimate of drug-likeness (QED) is 0.0222. The minimum atomic E-state index is -4.95. The van der Waals surface area contributed by atoms with Crippen LogP contribution in [0.5, 0.6) is 0 Å². The van der Waals surface area contributed by atoms with Crippen molar-refractivity contribution < 1.29 is 80.2 Å². The van der Waals surface area contributed by atoms with Gasteiger partial charge in [0.1, 0.15) is 19.3 Å². The van der Waals surface area contributed by atoms with Crippen molar-refractivity contribution in [1.29, 1.82) is 0 Å². The van der Waals surface area contributed by atoms with Crippen molar-refractivity contribution in [2.24, 2.45) is 11.8 Å². The Hall–Kier alpha value is -1.94. The van der Waals surface area contributed by atoms with Gasteiger partial charge in [-0.15, -0.1) is 0 Å². The molecule has 0 amide bonds. The Morgan fingerprint density at radius 3 is 0.764 bits per heavy atom. The monoisotopic (exact) mass is 1310 g/mol. The van der Waals surface area contributed by atoms with Gasteiger partial charge in [0.25, 0.3) is 0 Å². The first-order valence-corrected chi connectivity index (χ1v) is 39.5. The first-order chi connectivity index (χ1) is 42.9. The number of aliphatic hydroxyl groups excluding tert-OH is 1. The molecule has 0 spiro atoms. The molecule has 0 aliphatic heterocycles. The summed E-state index contributed by atoms with van der Waals surface area (Å²) in [4.78, 5) is 72.4. The molecule has 0 saturated heterocycles. The number of carbonyl (C=O) groups is 4. The molecule has 0 aliphatic carbocycles. The molecule has 2 unspecified atom stereocenters. The Bertz CT molecular complexity index is 1730. The van der Waals surface area contributed by atoms with E-state index < -0.39 is 97.5 Å². The van der Waals surface area contributed by atoms with E-state index in [4.69, 9.17) is 37.0 Å². The maximum absolute atomic E-state index is 13.0. The molecule has 0 bridgehead atoms. The van der Waals surface area contributed by atoms with Gasteiger partial charge in [0, 0.05) is 25.7 Å². The van der Waals surface area contributed by atoms with Gasteiger partial charge in [-0.05, 0) is 37.5 Å². The number of hydrogen-bond acceptors (Lipinski definition) is 15. The fourth-order valence-corrected chi connectivity index (χ4v) is 12.2. The van der Waals surface area contributed by atoms with Crippen molar-refractivity contribution in [2.75, 3.05) is 39.6 Å². The van der Waals surface area contributed by atoms with Gasteiger partial charge < -0.3 is 33.8 Å². The topological polar surface area (TPSA) is 237 Å². The normalized spacial score (nSPS) is 14.1. The molecule has 0 aromatic carbocycles. The third-order valence-electron chi connectivity index (χ3n) is 16.2. The van der Waals surface area contributed by atoms with Crippen LogP contribution in [-0.2, 0) is 65.4 Å². The van der Waals surface area contributed by atoms with Gasteiger partial charge in [-0.2, -0.15) is 0 Å². The summed E-state index contributed by atoms with van der Waals surface area (Å²) in [5.74, 6) is -0.557. The van der Waals surface area contributed by atoms with Crippen LogP contribution in [-0.4, -0.2) is 96.7 Å². The van der Waals surface area contributed by atoms with Crippen LogP contribution in [0.2, 0.25) is 0 Å². The Kier molecular flexibility index (Phi) is 60.8. The van der Waals surface area contributed by atoms with E-state index in [-0.39, 0.29) is 25.7 Å². The molecule has 528 valence electrons. The molecular formula is C70H136O17P2. The van der Waals surface area contributed by atoms with Crippen molar-refractivity contribution in [3.8, 4) is 0 Å². The molecule has 0 rings (SSSR count). The van der Waals surface area contributed by atoms with Gasteiger partial charge >= 0.3 is 39.5 Å². The molecule has 0 aromatic heterocycles. The summed E-state index contributed by atoms with van der Waals surface area (Å²) < 4.78 is 68.2. The lowest BCUT2D eigenvalue weighted by Gasteiger charge is -2.21. The summed E-state index contributed by atoms with van der Waals surface area (Å²) in [5, 5.41) is 10.6. The van der Waals surface area contributed by atoms with Crippen LogP contribution in [0.3, 0.4) is 0 Å². The first kappa shape index (κ1) is 87.1. The number of ether oxygens (including phenoxy) is 4. The van der Waals surface area contributed by atoms with E-state index in [1.54, 1.807) is 0 Å². The number of esters is 4. The molecule has 5 atom stereocenters. The molecule has 0 saturated carbocycles. The van der Waals surface area contributed by atoms with E-state index >= 15 is 0 Å². The number of phosphoric acid groups is 2. The highest BCUT2D eigenvalue weighted by Crippen LogP contribution is 2.45. The molecule has 0 heterocycles. The standard InChI is InChI=1S/C70H136O17P2/c1-7-9-11-13-15-26-34-40-46-52-67(72)80-58-65(86-69(74)54-48-42-36-27-16-14-12-10-8-2)60-84-88(76,77)82-56-64(71)57-83-89(78,79)85-61-66(59-81-68(73)53-47-41-35-30-24-21-20-23-29-33-39-45-51-63(5)6)87-70(75)55-49-43-37-31-25-19-17-18-22-28-32-38-44-50-62(3)4/h62-66,71H,7-61H2,1-6H3,(H,76,77)(H,78,79)/t64-,65+,66+/m0/s1. The lowest BCUT2D eigenvalue weighted by Crippen LogP contribution is -2.30. The van der Waals surface area contributed by atoms with E-state index in [0.717, 1.165) is 102 Å². The summed E-state index contributed by atoms with van der Waals surface area (Å²) in [6.45, 7) is 9.55. The second-order valence-electron chi connectivity index (χ2n) is 26.2. The predicted molar refractivity (Wildman–Crippen MR) is 358 cm³/mol. The van der Waals surface area contributed by atoms with Gasteiger partial charge in [-0.25, -0.2) is 9.13 Å². The van der Waals surface area contributed by atoms with Crippen LogP contribution in [0.15, 0.2) is 0 Å². The smallest absolute Gasteiger partial charge is 0.462 e. The fraction of sp³-hybridized carbons (Fsp3) is 0.943. The minimum absolute atomic E-state index is 0.106. The zero-order valence-corrected chi connectivity index (χ0v) is 59.5. The molecule has 0 aliphatic rings. The van der Waals surface area contributed by atoms with Crippen LogP contribution in [0.4, 0.5) is 0 Å². The van der Waals surface area contributed by atoms with Crippen molar-refractivity contribution >= 4 is 39.5 Å². The molecule has 89 heavy (non-hydrogen) atoms. The summed E-state index contributed by atoms with van der Waals surface area (Å²) in [6, 6.07) is 0. The van der Waals surface area contributed by atoms with Crippen LogP contribution >= 0.6 is 15.6 Å². The molecule has 3 N–H and O–H groups in total. The summed E-state index contributed by atoms with van der Waals surface area (Å²) in [5.41, 5.74) is 0. The van der Waals surface area contributed by atoms with Gasteiger partial charge in [-0.3, -0.25) is 37.3 Å². The second-order valence-corrected chi connectivity index (χ2v) is 29.1. The lowest BCUT2D eigenvalue weighted by molar-refractivity contribution is -0.161. The number of hydrogen-bond donors (Lipinski definition) is 3. The average molecular weight is 1310 g/mol. The van der Waals surface area contributed by atoms with E-state index in [1.807, 2.05) is 0 Å². The minimum Gasteiger partial charge on any atom is -0.462 e. The molecule has 17 nitrogen and oxygen atoms in total. The van der Waals surface area contributed by atoms with Crippen LogP contribution in [0.25, 0.3) is 0 Å². The average Bonchev–Trinajstić information content (AvgIpc) is 3.70. The number of rotatable bonds is 69. The molecule has 0 fully saturated rings. The molecule has 0 radical (unpaired) electrons. The Labute approximate surface area is 543 Å². The maximum Gasteiger partial charge on any atom is 0.472 e. The van der Waals surface area contributed by atoms with Crippen LogP contribution < -0.4 is 0 Å². The van der Waals surface area contributed by atoms with Crippen molar-refractivity contribution in [3.63, 3.8) is 0 Å². The SMILES string of the molecule is CCCCCCCCCCCC(=O)OC[C@H](COP(=O)(O)OC[C@H](O)COP(=O)(O)OC[C@@H](COC(=O)CCCCCCCCCCCCCCC(C)C)OC(=O)CCCCCCCCCCCCCCCC(C)C)OC(=O)CCCCCCCCCCC. The third-order valence-corrected chi connectivity index (χ3v) is 18.1. The predicted octanol–water partition coefficient (Wildman–Crippen LogP) is 20.0.